The second kappa shape index (κ2) is 8.82. The average molecular weight is 347 g/mol. The van der Waals surface area contributed by atoms with Crippen molar-refractivity contribution in [3.8, 4) is 11.5 Å². The summed E-state index contributed by atoms with van der Waals surface area (Å²) in [5, 5.41) is 2.66. The summed E-state index contributed by atoms with van der Waals surface area (Å²) in [5.41, 5.74) is 1.34. The van der Waals surface area contributed by atoms with Gasteiger partial charge in [-0.1, -0.05) is 6.92 Å². The van der Waals surface area contributed by atoms with Crippen LogP contribution in [0.2, 0.25) is 0 Å². The molecule has 4 nitrogen and oxygen atoms in total. The van der Waals surface area contributed by atoms with Gasteiger partial charge in [0.05, 0.1) is 13.4 Å². The third-order valence-electron chi connectivity index (χ3n) is 3.55. The molecule has 0 unspecified atom stereocenters. The van der Waals surface area contributed by atoms with Crippen LogP contribution in [0, 0.1) is 5.82 Å². The van der Waals surface area contributed by atoms with Gasteiger partial charge in [-0.05, 0) is 54.5 Å². The first-order valence-electron chi connectivity index (χ1n) is 7.73. The van der Waals surface area contributed by atoms with Crippen LogP contribution >= 0.6 is 0 Å². The molecule has 0 saturated carbocycles. The lowest BCUT2D eigenvalue weighted by Gasteiger charge is -2.13. The topological polar surface area (TPSA) is 47.6 Å². The maximum absolute atomic E-state index is 12.9. The molecule has 0 fully saturated rings. The lowest BCUT2D eigenvalue weighted by Crippen LogP contribution is -2.12. The van der Waals surface area contributed by atoms with Crippen molar-refractivity contribution in [3.63, 3.8) is 0 Å². The number of rotatable bonds is 7. The van der Waals surface area contributed by atoms with Crippen LogP contribution in [0.4, 0.5) is 14.5 Å². The average Bonchev–Trinajstić information content (AvgIpc) is 2.64. The van der Waals surface area contributed by atoms with Crippen LogP contribution in [0.25, 0.3) is 0 Å². The molecular formula is C19H19F2NO3. The second-order valence-corrected chi connectivity index (χ2v) is 5.24. The van der Waals surface area contributed by atoms with Gasteiger partial charge in [-0.2, -0.15) is 0 Å². The van der Waals surface area contributed by atoms with Crippen molar-refractivity contribution in [2.24, 2.45) is 0 Å². The fourth-order valence-corrected chi connectivity index (χ4v) is 2.05. The Morgan fingerprint density at radius 2 is 1.88 bits per heavy atom. The minimum absolute atomic E-state index is 0.102. The number of methoxy groups -OCH3 is 1. The Bertz CT molecular complexity index is 758. The minimum Gasteiger partial charge on any atom is -0.493 e. The zero-order chi connectivity index (χ0) is 18.2. The van der Waals surface area contributed by atoms with Gasteiger partial charge in [0.1, 0.15) is 12.4 Å². The zero-order valence-electron chi connectivity index (χ0n) is 14.0. The van der Waals surface area contributed by atoms with Crippen LogP contribution in [0.1, 0.15) is 23.7 Å². The Morgan fingerprint density at radius 1 is 1.16 bits per heavy atom. The molecule has 0 aliphatic rings. The minimum atomic E-state index is -0.380. The predicted molar refractivity (Wildman–Crippen MR) is 92.3 cm³/mol. The van der Waals surface area contributed by atoms with Gasteiger partial charge in [-0.25, -0.2) is 8.78 Å². The Labute approximate surface area is 145 Å². The van der Waals surface area contributed by atoms with Crippen LogP contribution in [0.15, 0.2) is 54.4 Å². The number of hydrogen-bond acceptors (Lipinski definition) is 3. The molecule has 0 saturated heterocycles. The van der Waals surface area contributed by atoms with E-state index in [0.717, 1.165) is 0 Å². The van der Waals surface area contributed by atoms with E-state index in [1.807, 2.05) is 6.92 Å². The van der Waals surface area contributed by atoms with Gasteiger partial charge in [0.25, 0.3) is 5.91 Å². The highest BCUT2D eigenvalue weighted by Gasteiger charge is 2.12. The summed E-state index contributed by atoms with van der Waals surface area (Å²) in [6.07, 6.45) is 1.06. The summed E-state index contributed by atoms with van der Waals surface area (Å²) >= 11 is 0. The number of benzene rings is 2. The largest absolute Gasteiger partial charge is 0.493 e. The van der Waals surface area contributed by atoms with Crippen LogP contribution in [0.3, 0.4) is 0 Å². The molecule has 0 bridgehead atoms. The summed E-state index contributed by atoms with van der Waals surface area (Å²) in [5.74, 6) is 0.0269. The molecule has 0 atom stereocenters. The monoisotopic (exact) mass is 347 g/mol. The molecule has 0 aliphatic heterocycles. The first kappa shape index (κ1) is 18.4. The molecule has 0 aliphatic carbocycles. The number of anilines is 1. The van der Waals surface area contributed by atoms with E-state index in [0.29, 0.717) is 41.1 Å². The summed E-state index contributed by atoms with van der Waals surface area (Å²) < 4.78 is 36.3. The fraction of sp³-hybridized carbons (Fsp3) is 0.211. The van der Waals surface area contributed by atoms with Crippen molar-refractivity contribution in [3.05, 3.63) is 65.7 Å². The first-order valence-corrected chi connectivity index (χ1v) is 7.73. The van der Waals surface area contributed by atoms with E-state index in [-0.39, 0.29) is 18.3 Å². The van der Waals surface area contributed by atoms with Crippen molar-refractivity contribution >= 4 is 11.6 Å². The van der Waals surface area contributed by atoms with E-state index < -0.39 is 0 Å². The van der Waals surface area contributed by atoms with E-state index in [1.54, 1.807) is 12.1 Å². The maximum atomic E-state index is 12.9. The van der Waals surface area contributed by atoms with Gasteiger partial charge < -0.3 is 14.8 Å². The number of ether oxygens (including phenoxy) is 2. The molecule has 2 rings (SSSR count). The molecule has 0 aromatic heterocycles. The van der Waals surface area contributed by atoms with Crippen LogP contribution in [-0.2, 0) is 0 Å². The Morgan fingerprint density at radius 3 is 2.48 bits per heavy atom. The van der Waals surface area contributed by atoms with Crippen LogP contribution in [-0.4, -0.2) is 19.6 Å². The molecule has 1 amide bonds. The lowest BCUT2D eigenvalue weighted by atomic mass is 10.1. The summed E-state index contributed by atoms with van der Waals surface area (Å²) in [7, 11) is 1.45. The number of amides is 1. The molecule has 2 aromatic carbocycles. The second-order valence-electron chi connectivity index (χ2n) is 5.24. The van der Waals surface area contributed by atoms with Gasteiger partial charge in [0.15, 0.2) is 11.5 Å². The number of carbonyl (C=O) groups excluding carboxylic acids is 1. The first-order chi connectivity index (χ1) is 12.1. The smallest absolute Gasteiger partial charge is 0.255 e. The standard InChI is InChI=1S/C19H19F2NO3/c1-3-13(11-20)12-25-17-9-4-14(10-18(17)24-2)19(23)22-16-7-5-15(21)6-8-16/h4-11H,3,12H2,1-2H3,(H,22,23). The summed E-state index contributed by atoms with van der Waals surface area (Å²) in [4.78, 5) is 12.3. The number of hydrogen-bond donors (Lipinski definition) is 1. The maximum Gasteiger partial charge on any atom is 0.255 e. The predicted octanol–water partition coefficient (Wildman–Crippen LogP) is 4.73. The number of halogens is 2. The fourth-order valence-electron chi connectivity index (χ4n) is 2.05. The Kier molecular flexibility index (Phi) is 6.51. The lowest BCUT2D eigenvalue weighted by molar-refractivity contribution is 0.102. The van der Waals surface area contributed by atoms with Gasteiger partial charge in [0.2, 0.25) is 0 Å². The highest BCUT2D eigenvalue weighted by molar-refractivity contribution is 6.04. The summed E-state index contributed by atoms with van der Waals surface area (Å²) in [6, 6.07) is 10.1. The highest BCUT2D eigenvalue weighted by atomic mass is 19.1. The Balaban J connectivity index is 2.11. The van der Waals surface area contributed by atoms with E-state index in [2.05, 4.69) is 5.32 Å². The molecule has 25 heavy (non-hydrogen) atoms. The zero-order valence-corrected chi connectivity index (χ0v) is 14.0. The van der Waals surface area contributed by atoms with Gasteiger partial charge in [-0.15, -0.1) is 0 Å². The highest BCUT2D eigenvalue weighted by Crippen LogP contribution is 2.29. The molecule has 0 spiro atoms. The summed E-state index contributed by atoms with van der Waals surface area (Å²) in [6.45, 7) is 1.93. The van der Waals surface area contributed by atoms with Gasteiger partial charge in [-0.3, -0.25) is 4.79 Å². The van der Waals surface area contributed by atoms with Crippen molar-refractivity contribution in [2.45, 2.75) is 13.3 Å². The van der Waals surface area contributed by atoms with Crippen molar-refractivity contribution in [2.75, 3.05) is 19.0 Å². The third kappa shape index (κ3) is 5.04. The molecule has 0 radical (unpaired) electrons. The van der Waals surface area contributed by atoms with Gasteiger partial charge >= 0.3 is 0 Å². The van der Waals surface area contributed by atoms with Crippen molar-refractivity contribution in [1.82, 2.24) is 0 Å². The molecular weight excluding hydrogens is 328 g/mol. The van der Waals surface area contributed by atoms with E-state index in [4.69, 9.17) is 9.47 Å². The quantitative estimate of drug-likeness (QED) is 0.788. The van der Waals surface area contributed by atoms with Gasteiger partial charge in [0, 0.05) is 11.3 Å². The van der Waals surface area contributed by atoms with Crippen LogP contribution in [0.5, 0.6) is 11.5 Å². The van der Waals surface area contributed by atoms with E-state index in [9.17, 15) is 13.6 Å². The molecule has 132 valence electrons. The molecule has 2 aromatic rings. The van der Waals surface area contributed by atoms with Crippen molar-refractivity contribution in [1.29, 1.82) is 0 Å². The Hall–Kier alpha value is -2.89. The van der Waals surface area contributed by atoms with Crippen LogP contribution < -0.4 is 14.8 Å². The SMILES string of the molecule is CCC(=CF)COc1ccc(C(=O)Nc2ccc(F)cc2)cc1OC. The van der Waals surface area contributed by atoms with E-state index >= 15 is 0 Å². The molecule has 0 heterocycles. The number of nitrogens with one attached hydrogen (secondary N) is 1. The third-order valence-corrected chi connectivity index (χ3v) is 3.55. The number of carbonyl (C=O) groups is 1. The molecule has 1 N–H and O–H groups in total. The molecule has 6 heteroatoms. The normalized spacial score (nSPS) is 11.1. The van der Waals surface area contributed by atoms with Crippen molar-refractivity contribution < 1.29 is 23.0 Å². The van der Waals surface area contributed by atoms with E-state index in [1.165, 1.54) is 37.4 Å².